The molecule has 216 valence electrons. The lowest BCUT2D eigenvalue weighted by Gasteiger charge is -2.33. The van der Waals surface area contributed by atoms with E-state index in [-0.39, 0.29) is 17.9 Å². The summed E-state index contributed by atoms with van der Waals surface area (Å²) in [5.74, 6) is 2.47. The Kier molecular flexibility index (Phi) is 8.73. The number of carbonyl (C=O) groups excluding carboxylic acids is 1. The third kappa shape index (κ3) is 7.13. The minimum atomic E-state index is -0.165. The molecule has 6 rings (SSSR count). The maximum absolute atomic E-state index is 13.8. The molecule has 3 aliphatic rings. The van der Waals surface area contributed by atoms with E-state index < -0.39 is 0 Å². The van der Waals surface area contributed by atoms with Crippen molar-refractivity contribution in [3.63, 3.8) is 0 Å². The largest absolute Gasteiger partial charge is 0.351 e. The summed E-state index contributed by atoms with van der Waals surface area (Å²) >= 11 is 0. The van der Waals surface area contributed by atoms with Crippen LogP contribution in [0.1, 0.15) is 79.6 Å². The third-order valence-electron chi connectivity index (χ3n) is 9.22. The van der Waals surface area contributed by atoms with Crippen LogP contribution < -0.4 is 5.32 Å². The number of amides is 1. The summed E-state index contributed by atoms with van der Waals surface area (Å²) in [5.41, 5.74) is 6.94. The van der Waals surface area contributed by atoms with Crippen LogP contribution in [-0.2, 0) is 24.2 Å². The van der Waals surface area contributed by atoms with Crippen molar-refractivity contribution in [2.24, 2.45) is 22.7 Å². The van der Waals surface area contributed by atoms with Crippen LogP contribution in [0.25, 0.3) is 5.57 Å². The van der Waals surface area contributed by atoms with Gasteiger partial charge in [0.25, 0.3) is 0 Å². The number of hydrogen-bond donors (Lipinski definition) is 1. The Morgan fingerprint density at radius 3 is 2.43 bits per heavy atom. The number of nitrogens with one attached hydrogen (secondary N) is 1. The normalized spacial score (nSPS) is 22.4. The van der Waals surface area contributed by atoms with Crippen LogP contribution >= 0.6 is 0 Å². The van der Waals surface area contributed by atoms with Crippen LogP contribution in [0.4, 0.5) is 0 Å². The van der Waals surface area contributed by atoms with Gasteiger partial charge in [0.05, 0.1) is 12.0 Å². The van der Waals surface area contributed by atoms with E-state index in [1.54, 1.807) is 0 Å². The molecule has 0 saturated heterocycles. The van der Waals surface area contributed by atoms with Gasteiger partial charge in [-0.25, -0.2) is 9.97 Å². The SMILES string of the molecule is C=C(Cc1ccnc(CC2CCC(C(C(=O)NCc3ccccc3)c3ccc(C4=CC(C)N=C4)cc3)CC2)n1)C1CC1. The predicted octanol–water partition coefficient (Wildman–Crippen LogP) is 7.29. The Hall–Kier alpha value is -3.86. The van der Waals surface area contributed by atoms with Gasteiger partial charge in [0, 0.05) is 37.5 Å². The summed E-state index contributed by atoms with van der Waals surface area (Å²) in [4.78, 5) is 27.8. The topological polar surface area (TPSA) is 67.2 Å². The van der Waals surface area contributed by atoms with Crippen LogP contribution in [0.15, 0.2) is 90.1 Å². The number of allylic oxidation sites excluding steroid dienone is 2. The number of benzene rings is 2. The van der Waals surface area contributed by atoms with E-state index in [1.165, 1.54) is 18.4 Å². The summed E-state index contributed by atoms with van der Waals surface area (Å²) in [6, 6.07) is 21.0. The van der Waals surface area contributed by atoms with Crippen molar-refractivity contribution in [3.8, 4) is 0 Å². The average Bonchev–Trinajstić information content (AvgIpc) is 3.78. The summed E-state index contributed by atoms with van der Waals surface area (Å²) in [5, 5.41) is 3.26. The molecule has 2 aliphatic carbocycles. The van der Waals surface area contributed by atoms with Crippen LogP contribution in [0.2, 0.25) is 0 Å². The molecule has 2 heterocycles. The molecule has 1 amide bonds. The molecular weight excluding hydrogens is 516 g/mol. The highest BCUT2D eigenvalue weighted by Crippen LogP contribution is 2.40. The molecule has 0 spiro atoms. The molecule has 1 aliphatic heterocycles. The molecule has 2 aromatic carbocycles. The Morgan fingerprint density at radius 2 is 1.74 bits per heavy atom. The van der Waals surface area contributed by atoms with E-state index in [9.17, 15) is 4.79 Å². The van der Waals surface area contributed by atoms with Gasteiger partial charge >= 0.3 is 0 Å². The van der Waals surface area contributed by atoms with Crippen LogP contribution in [0, 0.1) is 17.8 Å². The first-order chi connectivity index (χ1) is 20.5. The number of nitrogens with zero attached hydrogens (tertiary/aromatic N) is 3. The zero-order valence-electron chi connectivity index (χ0n) is 24.7. The van der Waals surface area contributed by atoms with Crippen molar-refractivity contribution < 1.29 is 4.79 Å². The molecule has 0 radical (unpaired) electrons. The molecule has 0 bridgehead atoms. The van der Waals surface area contributed by atoms with Gasteiger partial charge in [0.15, 0.2) is 0 Å². The molecule has 1 aromatic heterocycles. The quantitative estimate of drug-likeness (QED) is 0.251. The zero-order valence-corrected chi connectivity index (χ0v) is 24.7. The zero-order chi connectivity index (χ0) is 28.9. The van der Waals surface area contributed by atoms with E-state index in [2.05, 4.69) is 71.3 Å². The molecule has 42 heavy (non-hydrogen) atoms. The van der Waals surface area contributed by atoms with Crippen molar-refractivity contribution in [1.82, 2.24) is 15.3 Å². The Bertz CT molecular complexity index is 1450. The van der Waals surface area contributed by atoms with E-state index in [4.69, 9.17) is 4.98 Å². The second kappa shape index (κ2) is 13.0. The van der Waals surface area contributed by atoms with Gasteiger partial charge in [-0.2, -0.15) is 0 Å². The lowest BCUT2D eigenvalue weighted by Crippen LogP contribution is -2.35. The highest BCUT2D eigenvalue weighted by molar-refractivity contribution is 6.11. The van der Waals surface area contributed by atoms with Crippen molar-refractivity contribution in [2.45, 2.75) is 76.8 Å². The molecule has 2 atom stereocenters. The number of hydrogen-bond acceptors (Lipinski definition) is 4. The molecular formula is C37H42N4O. The van der Waals surface area contributed by atoms with E-state index in [0.29, 0.717) is 24.3 Å². The fraction of sp³-hybridized carbons (Fsp3) is 0.405. The van der Waals surface area contributed by atoms with E-state index in [1.807, 2.05) is 36.7 Å². The number of carbonyl (C=O) groups is 1. The van der Waals surface area contributed by atoms with Gasteiger partial charge in [-0.05, 0) is 91.5 Å². The van der Waals surface area contributed by atoms with Crippen LogP contribution in [0.5, 0.6) is 0 Å². The molecule has 2 fully saturated rings. The maximum Gasteiger partial charge on any atom is 0.228 e. The van der Waals surface area contributed by atoms with Crippen molar-refractivity contribution >= 4 is 17.7 Å². The Morgan fingerprint density at radius 1 is 0.976 bits per heavy atom. The van der Waals surface area contributed by atoms with Gasteiger partial charge in [0.1, 0.15) is 5.82 Å². The minimum absolute atomic E-state index is 0.122. The minimum Gasteiger partial charge on any atom is -0.351 e. The maximum atomic E-state index is 13.8. The van der Waals surface area contributed by atoms with Crippen LogP contribution in [-0.4, -0.2) is 28.1 Å². The molecule has 2 saturated carbocycles. The fourth-order valence-corrected chi connectivity index (χ4v) is 6.62. The van der Waals surface area contributed by atoms with Crippen LogP contribution in [0.3, 0.4) is 0 Å². The first-order valence-corrected chi connectivity index (χ1v) is 15.7. The highest BCUT2D eigenvalue weighted by Gasteiger charge is 2.33. The van der Waals surface area contributed by atoms with Gasteiger partial charge in [-0.3, -0.25) is 9.79 Å². The van der Waals surface area contributed by atoms with Gasteiger partial charge in [-0.15, -0.1) is 0 Å². The monoisotopic (exact) mass is 558 g/mol. The summed E-state index contributed by atoms with van der Waals surface area (Å²) < 4.78 is 0. The average molecular weight is 559 g/mol. The standard InChI is InChI=1S/C37H42N4O/c1-25(29-12-13-29)20-34-18-19-38-35(41-34)22-27-8-10-31(11-9-27)36(37(42)40-23-28-6-4-3-5-7-28)32-16-14-30(15-17-32)33-21-26(2)39-24-33/h3-7,14-19,21,24,26-27,29,31,36H,1,8-13,20,22-23H2,2H3,(H,40,42). The lowest BCUT2D eigenvalue weighted by atomic mass is 9.72. The highest BCUT2D eigenvalue weighted by atomic mass is 16.1. The van der Waals surface area contributed by atoms with Gasteiger partial charge < -0.3 is 5.32 Å². The summed E-state index contributed by atoms with van der Waals surface area (Å²) in [6.07, 6.45) is 14.6. The van der Waals surface area contributed by atoms with Crippen molar-refractivity contribution in [3.05, 3.63) is 113 Å². The summed E-state index contributed by atoms with van der Waals surface area (Å²) in [6.45, 7) is 6.92. The molecule has 2 unspecified atom stereocenters. The molecule has 5 heteroatoms. The fourth-order valence-electron chi connectivity index (χ4n) is 6.62. The Labute approximate surface area is 250 Å². The molecule has 5 nitrogen and oxygen atoms in total. The Balaban J connectivity index is 1.12. The molecule has 1 N–H and O–H groups in total. The molecule has 3 aromatic rings. The predicted molar refractivity (Wildman–Crippen MR) is 170 cm³/mol. The first kappa shape index (κ1) is 28.3. The first-order valence-electron chi connectivity index (χ1n) is 15.7. The third-order valence-corrected chi connectivity index (χ3v) is 9.22. The second-order valence-corrected chi connectivity index (χ2v) is 12.5. The number of aromatic nitrogens is 2. The van der Waals surface area contributed by atoms with Crippen molar-refractivity contribution in [1.29, 1.82) is 0 Å². The summed E-state index contributed by atoms with van der Waals surface area (Å²) in [7, 11) is 0. The van der Waals surface area contributed by atoms with E-state index in [0.717, 1.165) is 72.3 Å². The number of aliphatic imine (C=N–C) groups is 1. The van der Waals surface area contributed by atoms with Crippen molar-refractivity contribution in [2.75, 3.05) is 0 Å². The smallest absolute Gasteiger partial charge is 0.228 e. The second-order valence-electron chi connectivity index (χ2n) is 12.5. The van der Waals surface area contributed by atoms with E-state index >= 15 is 0 Å². The van der Waals surface area contributed by atoms with Gasteiger partial charge in [0.2, 0.25) is 5.91 Å². The lowest BCUT2D eigenvalue weighted by molar-refractivity contribution is -0.124. The number of rotatable bonds is 11. The van der Waals surface area contributed by atoms with Gasteiger partial charge in [-0.1, -0.05) is 72.8 Å².